The number of halogens is 3. The van der Waals surface area contributed by atoms with Crippen LogP contribution in [0, 0.1) is 0 Å². The Morgan fingerprint density at radius 2 is 1.71 bits per heavy atom. The van der Waals surface area contributed by atoms with Gasteiger partial charge in [-0.1, -0.05) is 36.4 Å². The van der Waals surface area contributed by atoms with Crippen LogP contribution in [-0.4, -0.2) is 25.1 Å². The van der Waals surface area contributed by atoms with Gasteiger partial charge in [0.05, 0.1) is 18.7 Å². The summed E-state index contributed by atoms with van der Waals surface area (Å²) in [7, 11) is 0. The first-order chi connectivity index (χ1) is 16.8. The summed E-state index contributed by atoms with van der Waals surface area (Å²) in [6.07, 6.45) is -0.660. The molecule has 1 aliphatic rings. The lowest BCUT2D eigenvalue weighted by Gasteiger charge is -2.17. The number of benzene rings is 3. The molecule has 3 aromatic rings. The molecule has 1 heterocycles. The number of alkyl halides is 3. The van der Waals surface area contributed by atoms with Crippen LogP contribution in [0.3, 0.4) is 0 Å². The van der Waals surface area contributed by atoms with Crippen molar-refractivity contribution in [1.82, 2.24) is 0 Å². The molecule has 180 valence electrons. The fourth-order valence-electron chi connectivity index (χ4n) is 3.76. The van der Waals surface area contributed by atoms with E-state index < -0.39 is 17.7 Å². The topological polar surface area (TPSA) is 55.8 Å². The fraction of sp³-hybridized carbons (Fsp3) is 0.185. The van der Waals surface area contributed by atoms with Crippen LogP contribution < -0.4 is 9.64 Å². The average molecular weight is 481 g/mol. The van der Waals surface area contributed by atoms with E-state index in [2.05, 4.69) is 0 Å². The third-order valence-corrected chi connectivity index (χ3v) is 5.51. The Labute approximate surface area is 200 Å². The molecule has 1 amide bonds. The molecular weight excluding hydrogens is 459 g/mol. The third kappa shape index (κ3) is 5.54. The van der Waals surface area contributed by atoms with Crippen molar-refractivity contribution in [1.29, 1.82) is 0 Å². The number of esters is 1. The van der Waals surface area contributed by atoms with Gasteiger partial charge in [0.25, 0.3) is 5.91 Å². The van der Waals surface area contributed by atoms with E-state index >= 15 is 0 Å². The molecule has 0 atom stereocenters. The molecule has 0 aromatic heterocycles. The highest BCUT2D eigenvalue weighted by molar-refractivity contribution is 6.10. The van der Waals surface area contributed by atoms with Gasteiger partial charge in [-0.25, -0.2) is 4.79 Å². The first kappa shape index (κ1) is 24.1. The summed E-state index contributed by atoms with van der Waals surface area (Å²) in [5, 5.41) is 0. The van der Waals surface area contributed by atoms with E-state index in [9.17, 15) is 22.8 Å². The number of fused-ring (bicyclic) bond motifs is 1. The van der Waals surface area contributed by atoms with Crippen LogP contribution in [-0.2, 0) is 22.3 Å². The number of hydrogen-bond donors (Lipinski definition) is 0. The number of rotatable bonds is 7. The minimum absolute atomic E-state index is 0.164. The number of carbonyl (C=O) groups excluding carboxylic acids is 2. The predicted molar refractivity (Wildman–Crippen MR) is 126 cm³/mol. The molecule has 0 saturated carbocycles. The first-order valence-corrected chi connectivity index (χ1v) is 10.9. The smallest absolute Gasteiger partial charge is 0.416 e. The second-order valence-corrected chi connectivity index (χ2v) is 7.81. The highest BCUT2D eigenvalue weighted by atomic mass is 19.4. The van der Waals surface area contributed by atoms with Crippen molar-refractivity contribution >= 4 is 29.7 Å². The molecule has 0 fully saturated rings. The molecular formula is C27H22F3NO4. The maximum Gasteiger partial charge on any atom is 0.416 e. The van der Waals surface area contributed by atoms with E-state index in [0.29, 0.717) is 23.6 Å². The van der Waals surface area contributed by atoms with Crippen molar-refractivity contribution in [3.8, 4) is 5.75 Å². The number of amides is 1. The van der Waals surface area contributed by atoms with Crippen molar-refractivity contribution in [2.24, 2.45) is 0 Å². The van der Waals surface area contributed by atoms with E-state index in [1.54, 1.807) is 31.2 Å². The zero-order valence-electron chi connectivity index (χ0n) is 18.8. The molecule has 0 radical (unpaired) electrons. The van der Waals surface area contributed by atoms with Crippen LogP contribution in [0.1, 0.15) is 39.5 Å². The fourth-order valence-corrected chi connectivity index (χ4v) is 3.76. The Balaban J connectivity index is 1.47. The van der Waals surface area contributed by atoms with Crippen LogP contribution in [0.15, 0.2) is 66.7 Å². The molecule has 0 N–H and O–H groups in total. The van der Waals surface area contributed by atoms with E-state index in [1.165, 1.54) is 17.0 Å². The standard InChI is InChI=1S/C27H22F3NO4/c1-2-34-25(32)17-35-22-14-7-18(8-15-22)6-9-19-4-3-5-23-24(19)16-31(26(23)33)21-12-10-20(11-13-21)27(28,29)30/h3-15H,2,16-17H2,1H3/b9-6+. The van der Waals surface area contributed by atoms with Gasteiger partial charge in [-0.15, -0.1) is 0 Å². The summed E-state index contributed by atoms with van der Waals surface area (Å²) in [6, 6.07) is 17.1. The lowest BCUT2D eigenvalue weighted by molar-refractivity contribution is -0.145. The molecule has 35 heavy (non-hydrogen) atoms. The first-order valence-electron chi connectivity index (χ1n) is 10.9. The second kappa shape index (κ2) is 10.0. The molecule has 0 saturated heterocycles. The van der Waals surface area contributed by atoms with Gasteiger partial charge in [0.2, 0.25) is 0 Å². The highest BCUT2D eigenvalue weighted by Crippen LogP contribution is 2.34. The molecule has 0 bridgehead atoms. The largest absolute Gasteiger partial charge is 0.482 e. The average Bonchev–Trinajstić information content (AvgIpc) is 3.19. The van der Waals surface area contributed by atoms with Gasteiger partial charge in [-0.05, 0) is 66.1 Å². The Kier molecular flexibility index (Phi) is 6.91. The van der Waals surface area contributed by atoms with E-state index in [1.807, 2.05) is 30.4 Å². The second-order valence-electron chi connectivity index (χ2n) is 7.81. The monoisotopic (exact) mass is 481 g/mol. The summed E-state index contributed by atoms with van der Waals surface area (Å²) in [4.78, 5) is 25.8. The van der Waals surface area contributed by atoms with Gasteiger partial charge in [-0.3, -0.25) is 4.79 Å². The number of anilines is 1. The number of carbonyl (C=O) groups is 2. The molecule has 0 unspecified atom stereocenters. The quantitative estimate of drug-likeness (QED) is 0.308. The van der Waals surface area contributed by atoms with Gasteiger partial charge in [-0.2, -0.15) is 13.2 Å². The number of nitrogens with zero attached hydrogens (tertiary/aromatic N) is 1. The number of ether oxygens (including phenoxy) is 2. The third-order valence-electron chi connectivity index (χ3n) is 5.51. The number of hydrogen-bond acceptors (Lipinski definition) is 4. The van der Waals surface area contributed by atoms with Crippen LogP contribution in [0.4, 0.5) is 18.9 Å². The maximum atomic E-state index is 12.9. The minimum atomic E-state index is -4.43. The van der Waals surface area contributed by atoms with Crippen LogP contribution in [0.5, 0.6) is 5.75 Å². The van der Waals surface area contributed by atoms with Gasteiger partial charge in [0, 0.05) is 11.3 Å². The molecule has 0 aliphatic carbocycles. The lowest BCUT2D eigenvalue weighted by Crippen LogP contribution is -2.23. The molecule has 5 nitrogen and oxygen atoms in total. The van der Waals surface area contributed by atoms with E-state index in [4.69, 9.17) is 9.47 Å². The van der Waals surface area contributed by atoms with Crippen LogP contribution >= 0.6 is 0 Å². The normalized spacial score (nSPS) is 13.3. The van der Waals surface area contributed by atoms with Gasteiger partial charge >= 0.3 is 12.1 Å². The van der Waals surface area contributed by atoms with Crippen molar-refractivity contribution in [3.05, 3.63) is 94.5 Å². The van der Waals surface area contributed by atoms with Gasteiger partial charge in [0.15, 0.2) is 6.61 Å². The van der Waals surface area contributed by atoms with Crippen molar-refractivity contribution in [2.45, 2.75) is 19.6 Å². The zero-order chi connectivity index (χ0) is 25.0. The summed E-state index contributed by atoms with van der Waals surface area (Å²) >= 11 is 0. The SMILES string of the molecule is CCOC(=O)COc1ccc(/C=C/c2cccc3c2CN(c2ccc(C(F)(F)F)cc2)C3=O)cc1. The summed E-state index contributed by atoms with van der Waals surface area (Å²) in [5.41, 5.74) is 2.71. The molecule has 8 heteroatoms. The Bertz CT molecular complexity index is 1250. The summed E-state index contributed by atoms with van der Waals surface area (Å²) in [6.45, 7) is 2.12. The predicted octanol–water partition coefficient (Wildman–Crippen LogP) is 5.98. The summed E-state index contributed by atoms with van der Waals surface area (Å²) < 4.78 is 48.8. The minimum Gasteiger partial charge on any atom is -0.482 e. The molecule has 1 aliphatic heterocycles. The Morgan fingerprint density at radius 3 is 2.37 bits per heavy atom. The lowest BCUT2D eigenvalue weighted by atomic mass is 10.0. The molecule has 3 aromatic carbocycles. The van der Waals surface area contributed by atoms with Gasteiger partial charge < -0.3 is 14.4 Å². The van der Waals surface area contributed by atoms with Gasteiger partial charge in [0.1, 0.15) is 5.75 Å². The molecule has 4 rings (SSSR count). The highest BCUT2D eigenvalue weighted by Gasteiger charge is 2.32. The Morgan fingerprint density at radius 1 is 1.00 bits per heavy atom. The van der Waals surface area contributed by atoms with Crippen LogP contribution in [0.25, 0.3) is 12.2 Å². The van der Waals surface area contributed by atoms with Crippen molar-refractivity contribution in [3.63, 3.8) is 0 Å². The van der Waals surface area contributed by atoms with E-state index in [-0.39, 0.29) is 19.1 Å². The Hall–Kier alpha value is -4.07. The van der Waals surface area contributed by atoms with E-state index in [0.717, 1.165) is 28.8 Å². The van der Waals surface area contributed by atoms with Crippen LogP contribution in [0.2, 0.25) is 0 Å². The maximum absolute atomic E-state index is 12.9. The van der Waals surface area contributed by atoms with Crippen molar-refractivity contribution in [2.75, 3.05) is 18.1 Å². The summed E-state index contributed by atoms with van der Waals surface area (Å²) in [5.74, 6) is -0.152. The molecule has 0 spiro atoms. The van der Waals surface area contributed by atoms with Crippen molar-refractivity contribution < 1.29 is 32.2 Å². The zero-order valence-corrected chi connectivity index (χ0v) is 18.8.